The van der Waals surface area contributed by atoms with Gasteiger partial charge in [0.2, 0.25) is 0 Å². The lowest BCUT2D eigenvalue weighted by molar-refractivity contribution is 0.503. The quantitative estimate of drug-likeness (QED) is 0.418. The fourth-order valence-electron chi connectivity index (χ4n) is 1.78. The highest BCUT2D eigenvalue weighted by Crippen LogP contribution is 2.28. The molecule has 0 amide bonds. The maximum Gasteiger partial charge on any atom is 0.0791 e. The SMILES string of the molecule is S=C1NC[C@H]2C=CCC[C@H]12. The molecular weight excluding hydrogens is 142 g/mol. The molecule has 2 rings (SSSR count). The molecule has 1 nitrogen and oxygen atoms in total. The summed E-state index contributed by atoms with van der Waals surface area (Å²) in [5.74, 6) is 1.38. The van der Waals surface area contributed by atoms with Gasteiger partial charge in [-0.15, -0.1) is 0 Å². The molecule has 1 aliphatic heterocycles. The first kappa shape index (κ1) is 6.35. The highest BCUT2D eigenvalue weighted by Gasteiger charge is 2.30. The second-order valence-electron chi connectivity index (χ2n) is 3.02. The van der Waals surface area contributed by atoms with Crippen molar-refractivity contribution in [3.05, 3.63) is 12.2 Å². The molecule has 1 N–H and O–H groups in total. The highest BCUT2D eigenvalue weighted by molar-refractivity contribution is 7.80. The van der Waals surface area contributed by atoms with E-state index in [4.69, 9.17) is 12.2 Å². The lowest BCUT2D eigenvalue weighted by Gasteiger charge is -2.17. The van der Waals surface area contributed by atoms with Crippen LogP contribution in [0.3, 0.4) is 0 Å². The molecule has 1 aliphatic carbocycles. The molecule has 0 spiro atoms. The van der Waals surface area contributed by atoms with Crippen LogP contribution in [0.5, 0.6) is 0 Å². The Bertz CT molecular complexity index is 186. The molecule has 1 heterocycles. The number of hydrogen-bond donors (Lipinski definition) is 1. The van der Waals surface area contributed by atoms with Crippen molar-refractivity contribution in [3.8, 4) is 0 Å². The fourth-order valence-corrected chi connectivity index (χ4v) is 2.16. The van der Waals surface area contributed by atoms with E-state index in [9.17, 15) is 0 Å². The van der Waals surface area contributed by atoms with Crippen LogP contribution in [0.1, 0.15) is 12.8 Å². The maximum absolute atomic E-state index is 5.17. The predicted molar refractivity (Wildman–Crippen MR) is 46.0 cm³/mol. The standard InChI is InChI=1S/C8H11NS/c10-8-7-4-2-1-3-6(7)5-9-8/h1,3,6-7H,2,4-5H2,(H,9,10)/t6-,7+/m1/s1. The number of thiocarbonyl (C=S) groups is 1. The molecule has 0 bridgehead atoms. The van der Waals surface area contributed by atoms with Crippen LogP contribution in [-0.4, -0.2) is 11.5 Å². The Labute approximate surface area is 66.5 Å². The molecule has 0 aromatic carbocycles. The monoisotopic (exact) mass is 153 g/mol. The van der Waals surface area contributed by atoms with E-state index in [0.717, 1.165) is 11.5 Å². The molecule has 0 aromatic rings. The first-order valence-electron chi connectivity index (χ1n) is 3.82. The molecule has 2 atom stereocenters. The van der Waals surface area contributed by atoms with Gasteiger partial charge in [-0.25, -0.2) is 0 Å². The van der Waals surface area contributed by atoms with Gasteiger partial charge >= 0.3 is 0 Å². The summed E-state index contributed by atoms with van der Waals surface area (Å²) in [6, 6.07) is 0. The molecule has 1 saturated heterocycles. The number of hydrogen-bond acceptors (Lipinski definition) is 1. The first-order chi connectivity index (χ1) is 4.88. The second kappa shape index (κ2) is 2.35. The van der Waals surface area contributed by atoms with Crippen LogP contribution >= 0.6 is 12.2 Å². The summed E-state index contributed by atoms with van der Waals surface area (Å²) in [4.78, 5) is 1.09. The largest absolute Gasteiger partial charge is 0.379 e. The zero-order chi connectivity index (χ0) is 6.97. The third kappa shape index (κ3) is 0.870. The van der Waals surface area contributed by atoms with Gasteiger partial charge in [0.05, 0.1) is 4.99 Å². The zero-order valence-electron chi connectivity index (χ0n) is 5.84. The van der Waals surface area contributed by atoms with Crippen LogP contribution in [0, 0.1) is 11.8 Å². The summed E-state index contributed by atoms with van der Waals surface area (Å²) in [5.41, 5.74) is 0. The third-order valence-corrected chi connectivity index (χ3v) is 2.84. The van der Waals surface area contributed by atoms with Crippen molar-refractivity contribution < 1.29 is 0 Å². The van der Waals surface area contributed by atoms with E-state index >= 15 is 0 Å². The van der Waals surface area contributed by atoms with Gasteiger partial charge < -0.3 is 5.32 Å². The van der Waals surface area contributed by atoms with Crippen LogP contribution < -0.4 is 5.32 Å². The second-order valence-corrected chi connectivity index (χ2v) is 3.46. The minimum Gasteiger partial charge on any atom is -0.379 e. The molecule has 1 fully saturated rings. The summed E-state index contributed by atoms with van der Waals surface area (Å²) in [6.07, 6.45) is 7.05. The summed E-state index contributed by atoms with van der Waals surface area (Å²) in [6.45, 7) is 1.07. The van der Waals surface area contributed by atoms with Gasteiger partial charge in [-0.2, -0.15) is 0 Å². The van der Waals surface area contributed by atoms with Gasteiger partial charge in [0, 0.05) is 18.4 Å². The molecule has 0 radical (unpaired) electrons. The number of allylic oxidation sites excluding steroid dienone is 1. The van der Waals surface area contributed by atoms with Crippen LogP contribution in [0.25, 0.3) is 0 Å². The Morgan fingerprint density at radius 1 is 1.60 bits per heavy atom. The van der Waals surface area contributed by atoms with Crippen LogP contribution in [-0.2, 0) is 0 Å². The summed E-state index contributed by atoms with van der Waals surface area (Å²) in [5, 5.41) is 3.24. The molecule has 0 saturated carbocycles. The van der Waals surface area contributed by atoms with Crippen molar-refractivity contribution in [2.75, 3.05) is 6.54 Å². The van der Waals surface area contributed by atoms with Crippen molar-refractivity contribution in [1.82, 2.24) is 5.32 Å². The average molecular weight is 153 g/mol. The highest BCUT2D eigenvalue weighted by atomic mass is 32.1. The normalized spacial score (nSPS) is 37.4. The third-order valence-electron chi connectivity index (χ3n) is 2.39. The van der Waals surface area contributed by atoms with Gasteiger partial charge in [-0.05, 0) is 12.8 Å². The minimum absolute atomic E-state index is 0.667. The molecule has 2 heteroatoms. The Kier molecular flexibility index (Phi) is 1.49. The topological polar surface area (TPSA) is 12.0 Å². The van der Waals surface area contributed by atoms with E-state index in [-0.39, 0.29) is 0 Å². The summed E-state index contributed by atoms with van der Waals surface area (Å²) < 4.78 is 0. The van der Waals surface area contributed by atoms with Crippen molar-refractivity contribution in [2.24, 2.45) is 11.8 Å². The van der Waals surface area contributed by atoms with E-state index in [1.807, 2.05) is 0 Å². The van der Waals surface area contributed by atoms with Crippen molar-refractivity contribution in [2.45, 2.75) is 12.8 Å². The molecule has 10 heavy (non-hydrogen) atoms. The van der Waals surface area contributed by atoms with Crippen LogP contribution in [0.2, 0.25) is 0 Å². The Hall–Kier alpha value is -0.370. The van der Waals surface area contributed by atoms with Gasteiger partial charge in [0.25, 0.3) is 0 Å². The zero-order valence-corrected chi connectivity index (χ0v) is 6.66. The van der Waals surface area contributed by atoms with Crippen molar-refractivity contribution in [3.63, 3.8) is 0 Å². The summed E-state index contributed by atoms with van der Waals surface area (Å²) >= 11 is 5.17. The lowest BCUT2D eigenvalue weighted by atomic mass is 9.87. The van der Waals surface area contributed by atoms with Crippen LogP contribution in [0.4, 0.5) is 0 Å². The van der Waals surface area contributed by atoms with E-state index in [2.05, 4.69) is 17.5 Å². The maximum atomic E-state index is 5.17. The molecule has 54 valence electrons. The Morgan fingerprint density at radius 2 is 2.50 bits per heavy atom. The van der Waals surface area contributed by atoms with Gasteiger partial charge in [-0.1, -0.05) is 24.4 Å². The smallest absolute Gasteiger partial charge is 0.0791 e. The van der Waals surface area contributed by atoms with E-state index in [0.29, 0.717) is 11.8 Å². The van der Waals surface area contributed by atoms with Crippen molar-refractivity contribution in [1.29, 1.82) is 0 Å². The van der Waals surface area contributed by atoms with E-state index < -0.39 is 0 Å². The Balaban J connectivity index is 2.19. The summed E-state index contributed by atoms with van der Waals surface area (Å²) in [7, 11) is 0. The Morgan fingerprint density at radius 3 is 3.30 bits per heavy atom. The minimum atomic E-state index is 0.667. The van der Waals surface area contributed by atoms with Crippen LogP contribution in [0.15, 0.2) is 12.2 Å². The van der Waals surface area contributed by atoms with Gasteiger partial charge in [-0.3, -0.25) is 0 Å². The number of fused-ring (bicyclic) bond motifs is 1. The van der Waals surface area contributed by atoms with Gasteiger partial charge in [0.15, 0.2) is 0 Å². The van der Waals surface area contributed by atoms with Gasteiger partial charge in [0.1, 0.15) is 0 Å². The number of rotatable bonds is 0. The average Bonchev–Trinajstić information content (AvgIpc) is 2.34. The number of nitrogens with one attached hydrogen (secondary N) is 1. The molecular formula is C8H11NS. The predicted octanol–water partition coefficient (Wildman–Crippen LogP) is 1.50. The molecule has 0 unspecified atom stereocenters. The molecule has 0 aromatic heterocycles. The van der Waals surface area contributed by atoms with E-state index in [1.165, 1.54) is 12.8 Å². The first-order valence-corrected chi connectivity index (χ1v) is 4.23. The lowest BCUT2D eigenvalue weighted by Crippen LogP contribution is -2.17. The fraction of sp³-hybridized carbons (Fsp3) is 0.625. The van der Waals surface area contributed by atoms with Crippen molar-refractivity contribution >= 4 is 17.2 Å². The molecule has 2 aliphatic rings. The van der Waals surface area contributed by atoms with E-state index in [1.54, 1.807) is 0 Å².